The van der Waals surface area contributed by atoms with Crippen LogP contribution in [0.2, 0.25) is 0 Å². The number of nitrogens with zero attached hydrogens (tertiary/aromatic N) is 2. The zero-order valence-corrected chi connectivity index (χ0v) is 16.5. The highest BCUT2D eigenvalue weighted by Crippen LogP contribution is 2.12. The monoisotopic (exact) mass is 360 g/mol. The Bertz CT molecular complexity index is 451. The van der Waals surface area contributed by atoms with Gasteiger partial charge in [0.15, 0.2) is 15.8 Å². The van der Waals surface area contributed by atoms with Crippen LogP contribution in [0.5, 0.6) is 0 Å². The van der Waals surface area contributed by atoms with Crippen molar-refractivity contribution in [3.05, 3.63) is 0 Å². The highest BCUT2D eigenvalue weighted by atomic mass is 32.2. The molecule has 1 fully saturated rings. The maximum atomic E-state index is 11.4. The number of nitrogens with one attached hydrogen (secondary N) is 2. The molecule has 7 heteroatoms. The first-order valence-corrected chi connectivity index (χ1v) is 11.3. The second kappa shape index (κ2) is 11.7. The molecule has 1 rings (SSSR count). The Morgan fingerprint density at radius 2 is 1.88 bits per heavy atom. The molecule has 1 heterocycles. The van der Waals surface area contributed by atoms with Gasteiger partial charge in [0.1, 0.15) is 0 Å². The van der Waals surface area contributed by atoms with Crippen molar-refractivity contribution < 1.29 is 8.42 Å². The van der Waals surface area contributed by atoms with Gasteiger partial charge in [-0.25, -0.2) is 8.42 Å². The van der Waals surface area contributed by atoms with Crippen LogP contribution in [0.3, 0.4) is 0 Å². The van der Waals surface area contributed by atoms with E-state index in [0.29, 0.717) is 19.0 Å². The molecular formula is C17H36N4O2S. The summed E-state index contributed by atoms with van der Waals surface area (Å²) in [6.45, 7) is 11.2. The number of guanidine groups is 1. The molecule has 0 bridgehead atoms. The van der Waals surface area contributed by atoms with E-state index < -0.39 is 9.84 Å². The topological polar surface area (TPSA) is 73.8 Å². The molecule has 0 amide bonds. The van der Waals surface area contributed by atoms with Gasteiger partial charge in [0.05, 0.1) is 11.5 Å². The molecular weight excluding hydrogens is 324 g/mol. The standard InChI is InChI=1S/C17H36N4O2S/c1-4-7-8-16(5-2)15-20-17(18-6-3)19-9-10-21-11-13-24(22,23)14-12-21/h16H,4-15H2,1-3H3,(H2,18,19,20). The quantitative estimate of drug-likeness (QED) is 0.456. The summed E-state index contributed by atoms with van der Waals surface area (Å²) in [6.07, 6.45) is 4.93. The summed E-state index contributed by atoms with van der Waals surface area (Å²) >= 11 is 0. The van der Waals surface area contributed by atoms with Gasteiger partial charge in [0.2, 0.25) is 0 Å². The third-order valence-corrected chi connectivity index (χ3v) is 6.16. The summed E-state index contributed by atoms with van der Waals surface area (Å²) < 4.78 is 22.9. The van der Waals surface area contributed by atoms with E-state index in [1.165, 1.54) is 25.7 Å². The highest BCUT2D eigenvalue weighted by Gasteiger charge is 2.20. The van der Waals surface area contributed by atoms with E-state index in [1.807, 2.05) is 0 Å². The average molecular weight is 361 g/mol. The zero-order valence-electron chi connectivity index (χ0n) is 15.7. The molecule has 1 saturated heterocycles. The minimum Gasteiger partial charge on any atom is -0.357 e. The second-order valence-corrected chi connectivity index (χ2v) is 8.86. The Morgan fingerprint density at radius 1 is 1.17 bits per heavy atom. The van der Waals surface area contributed by atoms with E-state index in [-0.39, 0.29) is 11.5 Å². The Hall–Kier alpha value is -0.820. The van der Waals surface area contributed by atoms with Gasteiger partial charge in [0, 0.05) is 39.3 Å². The van der Waals surface area contributed by atoms with Crippen LogP contribution in [0.4, 0.5) is 0 Å². The van der Waals surface area contributed by atoms with E-state index in [9.17, 15) is 8.42 Å². The molecule has 0 aliphatic carbocycles. The van der Waals surface area contributed by atoms with E-state index >= 15 is 0 Å². The summed E-state index contributed by atoms with van der Waals surface area (Å²) in [5.41, 5.74) is 0. The Labute approximate surface area is 148 Å². The number of sulfone groups is 1. The summed E-state index contributed by atoms with van der Waals surface area (Å²) in [5, 5.41) is 6.67. The molecule has 142 valence electrons. The molecule has 0 spiro atoms. The average Bonchev–Trinajstić information content (AvgIpc) is 2.56. The van der Waals surface area contributed by atoms with Crippen LogP contribution in [0.25, 0.3) is 0 Å². The van der Waals surface area contributed by atoms with Crippen molar-refractivity contribution in [2.45, 2.75) is 46.5 Å². The molecule has 0 aromatic carbocycles. The molecule has 0 saturated carbocycles. The van der Waals surface area contributed by atoms with E-state index in [2.05, 4.69) is 36.3 Å². The lowest BCUT2D eigenvalue weighted by Crippen LogP contribution is -2.46. The van der Waals surface area contributed by atoms with Gasteiger partial charge in [-0.3, -0.25) is 9.89 Å². The van der Waals surface area contributed by atoms with Crippen molar-refractivity contribution in [1.29, 1.82) is 0 Å². The van der Waals surface area contributed by atoms with Crippen molar-refractivity contribution in [1.82, 2.24) is 15.5 Å². The zero-order chi connectivity index (χ0) is 17.8. The van der Waals surface area contributed by atoms with Gasteiger partial charge in [0.25, 0.3) is 0 Å². The number of aliphatic imine (C=N–C) groups is 1. The van der Waals surface area contributed by atoms with Gasteiger partial charge < -0.3 is 10.6 Å². The fourth-order valence-electron chi connectivity index (χ4n) is 2.79. The molecule has 1 aliphatic rings. The predicted octanol–water partition coefficient (Wildman–Crippen LogP) is 1.49. The van der Waals surface area contributed by atoms with Crippen LogP contribution in [-0.2, 0) is 9.84 Å². The maximum Gasteiger partial charge on any atom is 0.191 e. The molecule has 1 aliphatic heterocycles. The largest absolute Gasteiger partial charge is 0.357 e. The van der Waals surface area contributed by atoms with Crippen LogP contribution < -0.4 is 10.6 Å². The number of hydrogen-bond donors (Lipinski definition) is 2. The van der Waals surface area contributed by atoms with Gasteiger partial charge >= 0.3 is 0 Å². The van der Waals surface area contributed by atoms with Crippen molar-refractivity contribution >= 4 is 15.8 Å². The van der Waals surface area contributed by atoms with Crippen LogP contribution in [-0.4, -0.2) is 70.1 Å². The first-order valence-electron chi connectivity index (χ1n) is 9.45. The van der Waals surface area contributed by atoms with Crippen molar-refractivity contribution in [2.75, 3.05) is 50.8 Å². The number of rotatable bonds is 10. The van der Waals surface area contributed by atoms with Crippen molar-refractivity contribution in [3.8, 4) is 0 Å². The van der Waals surface area contributed by atoms with E-state index in [0.717, 1.165) is 32.1 Å². The van der Waals surface area contributed by atoms with Crippen LogP contribution in [0.15, 0.2) is 4.99 Å². The van der Waals surface area contributed by atoms with Gasteiger partial charge in [-0.15, -0.1) is 0 Å². The summed E-state index contributed by atoms with van der Waals surface area (Å²) in [4.78, 5) is 6.93. The minimum absolute atomic E-state index is 0.288. The Balaban J connectivity index is 2.35. The molecule has 1 unspecified atom stereocenters. The first kappa shape index (κ1) is 21.2. The van der Waals surface area contributed by atoms with Crippen LogP contribution >= 0.6 is 0 Å². The van der Waals surface area contributed by atoms with E-state index in [1.54, 1.807) is 0 Å². The molecule has 0 aromatic heterocycles. The molecule has 0 aromatic rings. The lowest BCUT2D eigenvalue weighted by atomic mass is 10.00. The fraction of sp³-hybridized carbons (Fsp3) is 0.941. The summed E-state index contributed by atoms with van der Waals surface area (Å²) in [6, 6.07) is 0. The van der Waals surface area contributed by atoms with Gasteiger partial charge in [-0.2, -0.15) is 0 Å². The normalized spacial score (nSPS) is 19.9. The number of hydrogen-bond acceptors (Lipinski definition) is 4. The third kappa shape index (κ3) is 8.87. The van der Waals surface area contributed by atoms with Crippen LogP contribution in [0, 0.1) is 5.92 Å². The third-order valence-electron chi connectivity index (χ3n) is 4.55. The Morgan fingerprint density at radius 3 is 2.46 bits per heavy atom. The van der Waals surface area contributed by atoms with Crippen molar-refractivity contribution in [3.63, 3.8) is 0 Å². The Kier molecular flexibility index (Phi) is 10.3. The van der Waals surface area contributed by atoms with Crippen LogP contribution in [0.1, 0.15) is 46.5 Å². The summed E-state index contributed by atoms with van der Waals surface area (Å²) in [7, 11) is -2.79. The second-order valence-electron chi connectivity index (χ2n) is 6.56. The van der Waals surface area contributed by atoms with Crippen molar-refractivity contribution in [2.24, 2.45) is 10.9 Å². The fourth-order valence-corrected chi connectivity index (χ4v) is 4.06. The van der Waals surface area contributed by atoms with Gasteiger partial charge in [-0.05, 0) is 19.3 Å². The SMILES string of the molecule is CCCCC(CC)CN=C(NCC)NCCN1CCS(=O)(=O)CC1. The van der Waals surface area contributed by atoms with E-state index in [4.69, 9.17) is 4.99 Å². The predicted molar refractivity (Wildman–Crippen MR) is 102 cm³/mol. The lowest BCUT2D eigenvalue weighted by Gasteiger charge is -2.26. The molecule has 1 atom stereocenters. The number of unbranched alkanes of at least 4 members (excludes halogenated alkanes) is 1. The maximum absolute atomic E-state index is 11.4. The molecule has 2 N–H and O–H groups in total. The van der Waals surface area contributed by atoms with Gasteiger partial charge in [-0.1, -0.05) is 33.1 Å². The smallest absolute Gasteiger partial charge is 0.191 e. The molecule has 6 nitrogen and oxygen atoms in total. The highest BCUT2D eigenvalue weighted by molar-refractivity contribution is 7.91. The summed E-state index contributed by atoms with van der Waals surface area (Å²) in [5.74, 6) is 2.11. The lowest BCUT2D eigenvalue weighted by molar-refractivity contribution is 0.299. The molecule has 0 radical (unpaired) electrons. The molecule has 24 heavy (non-hydrogen) atoms. The first-order chi connectivity index (χ1) is 11.5. The minimum atomic E-state index is -2.79.